The molecule has 0 N–H and O–H groups in total. The average molecular weight is 215 g/mol. The molecule has 0 saturated heterocycles. The van der Waals surface area contributed by atoms with Crippen LogP contribution >= 0.6 is 11.1 Å². The van der Waals surface area contributed by atoms with Crippen LogP contribution in [0.15, 0.2) is 0 Å². The van der Waals surface area contributed by atoms with Crippen molar-refractivity contribution in [1.29, 1.82) is 0 Å². The van der Waals surface area contributed by atoms with E-state index in [1.807, 2.05) is 13.8 Å². The van der Waals surface area contributed by atoms with Gasteiger partial charge in [0.1, 0.15) is 0 Å². The lowest BCUT2D eigenvalue weighted by Gasteiger charge is -2.19. The molecule has 12 heavy (non-hydrogen) atoms. The number of hydrogen-bond donors (Lipinski definition) is 0. The summed E-state index contributed by atoms with van der Waals surface area (Å²) >= 11 is 5.87. The van der Waals surface area contributed by atoms with E-state index in [2.05, 4.69) is 4.89 Å². The van der Waals surface area contributed by atoms with Gasteiger partial charge in [0.05, 0.1) is 6.61 Å². The van der Waals surface area contributed by atoms with E-state index >= 15 is 0 Å². The van der Waals surface area contributed by atoms with Gasteiger partial charge < -0.3 is 8.85 Å². The maximum Gasteiger partial charge on any atom is 0.641 e. The standard InChI is InChI=1S/C6H15ClO4Si/c1-4-8-11-12(7,9-5-2)10-6-3/h4-6H2,1-3H3. The molecular formula is C6H15ClO4Si. The Morgan fingerprint density at radius 1 is 1.00 bits per heavy atom. The van der Waals surface area contributed by atoms with Gasteiger partial charge in [0.15, 0.2) is 0 Å². The summed E-state index contributed by atoms with van der Waals surface area (Å²) in [6.45, 7) is 6.74. The van der Waals surface area contributed by atoms with Crippen LogP contribution in [0.2, 0.25) is 0 Å². The quantitative estimate of drug-likeness (QED) is 0.280. The predicted octanol–water partition coefficient (Wildman–Crippen LogP) is 1.70. The van der Waals surface area contributed by atoms with E-state index in [-0.39, 0.29) is 0 Å². The topological polar surface area (TPSA) is 36.9 Å². The van der Waals surface area contributed by atoms with Crippen LogP contribution < -0.4 is 0 Å². The summed E-state index contributed by atoms with van der Waals surface area (Å²) < 4.78 is 15.0. The average Bonchev–Trinajstić information content (AvgIpc) is 2.02. The second-order valence-electron chi connectivity index (χ2n) is 1.84. The molecule has 6 heteroatoms. The molecule has 0 bridgehead atoms. The Hall–Kier alpha value is 0.347. The molecule has 0 radical (unpaired) electrons. The van der Waals surface area contributed by atoms with Crippen molar-refractivity contribution in [3.05, 3.63) is 0 Å². The number of halogens is 1. The lowest BCUT2D eigenvalue weighted by molar-refractivity contribution is -0.241. The fourth-order valence-corrected chi connectivity index (χ4v) is 2.48. The minimum atomic E-state index is -3.02. The Morgan fingerprint density at radius 3 is 1.83 bits per heavy atom. The second kappa shape index (κ2) is 6.82. The Labute approximate surface area is 78.7 Å². The van der Waals surface area contributed by atoms with Gasteiger partial charge in [-0.3, -0.25) is 0 Å². The fraction of sp³-hybridized carbons (Fsp3) is 1.00. The SMILES string of the molecule is CCOO[Si](Cl)(OCC)OCC. The van der Waals surface area contributed by atoms with Gasteiger partial charge in [-0.15, -0.1) is 0 Å². The van der Waals surface area contributed by atoms with Gasteiger partial charge in [0.25, 0.3) is 0 Å². The summed E-state index contributed by atoms with van der Waals surface area (Å²) in [5.41, 5.74) is 0. The van der Waals surface area contributed by atoms with E-state index in [4.69, 9.17) is 24.5 Å². The summed E-state index contributed by atoms with van der Waals surface area (Å²) in [5, 5.41) is 0. The first-order valence-corrected chi connectivity index (χ1v) is 6.69. The molecule has 0 aromatic carbocycles. The third kappa shape index (κ3) is 5.07. The second-order valence-corrected chi connectivity index (χ2v) is 4.93. The molecule has 4 nitrogen and oxygen atoms in total. The zero-order valence-electron chi connectivity index (χ0n) is 7.63. The van der Waals surface area contributed by atoms with E-state index in [9.17, 15) is 0 Å². The first-order valence-electron chi connectivity index (χ1n) is 3.96. The van der Waals surface area contributed by atoms with Gasteiger partial charge in [-0.05, 0) is 20.8 Å². The van der Waals surface area contributed by atoms with E-state index in [0.29, 0.717) is 19.8 Å². The zero-order chi connectivity index (χ0) is 9.45. The van der Waals surface area contributed by atoms with Crippen LogP contribution in [0, 0.1) is 0 Å². The smallest absolute Gasteiger partial charge is 0.361 e. The molecule has 0 aromatic heterocycles. The van der Waals surface area contributed by atoms with Crippen molar-refractivity contribution < 1.29 is 18.3 Å². The molecule has 0 rings (SSSR count). The summed E-state index contributed by atoms with van der Waals surface area (Å²) in [6, 6.07) is 0. The lowest BCUT2D eigenvalue weighted by atomic mass is 10.9. The monoisotopic (exact) mass is 214 g/mol. The third-order valence-corrected chi connectivity index (χ3v) is 3.34. The summed E-state index contributed by atoms with van der Waals surface area (Å²) in [7, 11) is -3.02. The van der Waals surface area contributed by atoms with Gasteiger partial charge in [-0.1, -0.05) is 11.1 Å². The minimum absolute atomic E-state index is 0.418. The summed E-state index contributed by atoms with van der Waals surface area (Å²) in [6.07, 6.45) is 0. The molecule has 0 atom stereocenters. The van der Waals surface area contributed by atoms with Crippen molar-refractivity contribution in [3.8, 4) is 0 Å². The molecule has 0 aliphatic rings. The highest BCUT2D eigenvalue weighted by Crippen LogP contribution is 2.14. The Kier molecular flexibility index (Phi) is 7.02. The third-order valence-electron chi connectivity index (χ3n) is 0.910. The van der Waals surface area contributed by atoms with Gasteiger partial charge in [-0.2, -0.15) is 0 Å². The molecule has 0 spiro atoms. The molecule has 0 aromatic rings. The van der Waals surface area contributed by atoms with Gasteiger partial charge in [0, 0.05) is 13.2 Å². The molecule has 0 fully saturated rings. The normalized spacial score (nSPS) is 12.0. The lowest BCUT2D eigenvalue weighted by Crippen LogP contribution is -2.40. The fourth-order valence-electron chi connectivity index (χ4n) is 0.564. The van der Waals surface area contributed by atoms with Crippen molar-refractivity contribution in [2.24, 2.45) is 0 Å². The number of rotatable bonds is 7. The van der Waals surface area contributed by atoms with Crippen LogP contribution in [0.25, 0.3) is 0 Å². The van der Waals surface area contributed by atoms with Crippen LogP contribution in [0.1, 0.15) is 20.8 Å². The maximum absolute atomic E-state index is 5.87. The highest BCUT2D eigenvalue weighted by atomic mass is 35.6. The number of hydrogen-bond acceptors (Lipinski definition) is 4. The first kappa shape index (κ1) is 12.3. The van der Waals surface area contributed by atoms with Crippen molar-refractivity contribution in [2.45, 2.75) is 20.8 Å². The van der Waals surface area contributed by atoms with E-state index < -0.39 is 8.11 Å². The molecule has 0 saturated carbocycles. The molecule has 0 aliphatic carbocycles. The Balaban J connectivity index is 3.80. The highest BCUT2D eigenvalue weighted by Gasteiger charge is 2.41. The Bertz CT molecular complexity index is 108. The molecule has 0 heterocycles. The van der Waals surface area contributed by atoms with Gasteiger partial charge >= 0.3 is 8.11 Å². The van der Waals surface area contributed by atoms with Crippen molar-refractivity contribution >= 4 is 19.2 Å². The highest BCUT2D eigenvalue weighted by molar-refractivity contribution is 7.09. The summed E-state index contributed by atoms with van der Waals surface area (Å²) in [5.74, 6) is 0. The predicted molar refractivity (Wildman–Crippen MR) is 47.6 cm³/mol. The van der Waals surface area contributed by atoms with Crippen LogP contribution in [-0.4, -0.2) is 27.9 Å². The largest absolute Gasteiger partial charge is 0.641 e. The molecule has 0 aliphatic heterocycles. The molecule has 0 unspecified atom stereocenters. The van der Waals surface area contributed by atoms with E-state index in [0.717, 1.165) is 0 Å². The Morgan fingerprint density at radius 2 is 1.50 bits per heavy atom. The van der Waals surface area contributed by atoms with Crippen LogP contribution in [0.5, 0.6) is 0 Å². The maximum atomic E-state index is 5.87. The molecule has 0 amide bonds. The van der Waals surface area contributed by atoms with E-state index in [1.165, 1.54) is 0 Å². The van der Waals surface area contributed by atoms with Crippen LogP contribution in [0.3, 0.4) is 0 Å². The minimum Gasteiger partial charge on any atom is -0.361 e. The van der Waals surface area contributed by atoms with Crippen LogP contribution in [-0.2, 0) is 18.3 Å². The van der Waals surface area contributed by atoms with Crippen molar-refractivity contribution in [3.63, 3.8) is 0 Å². The van der Waals surface area contributed by atoms with Crippen LogP contribution in [0.4, 0.5) is 0 Å². The van der Waals surface area contributed by atoms with Gasteiger partial charge in [0.2, 0.25) is 0 Å². The molecular weight excluding hydrogens is 200 g/mol. The zero-order valence-corrected chi connectivity index (χ0v) is 9.39. The van der Waals surface area contributed by atoms with Gasteiger partial charge in [-0.25, -0.2) is 9.46 Å². The van der Waals surface area contributed by atoms with E-state index in [1.54, 1.807) is 6.92 Å². The summed E-state index contributed by atoms with van der Waals surface area (Å²) in [4.78, 5) is 4.68. The molecule has 74 valence electrons. The van der Waals surface area contributed by atoms with Crippen molar-refractivity contribution in [2.75, 3.05) is 19.8 Å². The van der Waals surface area contributed by atoms with Crippen molar-refractivity contribution in [1.82, 2.24) is 0 Å². The first-order chi connectivity index (χ1) is 5.68.